The Morgan fingerprint density at radius 2 is 1.93 bits per heavy atom. The Kier molecular flexibility index (Phi) is 3.28. The van der Waals surface area contributed by atoms with Gasteiger partial charge in [0.2, 0.25) is 11.6 Å². The van der Waals surface area contributed by atoms with Crippen molar-refractivity contribution in [2.75, 3.05) is 7.11 Å². The molecule has 0 radical (unpaired) electrons. The molecule has 0 aliphatic heterocycles. The van der Waals surface area contributed by atoms with E-state index in [1.165, 1.54) is 0 Å². The first-order valence-corrected chi connectivity index (χ1v) is 3.83. The smallest absolute Gasteiger partial charge is 0.300 e. The van der Waals surface area contributed by atoms with Crippen LogP contribution in [-0.4, -0.2) is 19.3 Å². The maximum absolute atomic E-state index is 13.0. The number of hydrogen-bond donors (Lipinski definition) is 0. The zero-order valence-corrected chi connectivity index (χ0v) is 7.56. The van der Waals surface area contributed by atoms with Crippen LogP contribution in [0.5, 0.6) is 5.75 Å². The molecule has 15 heavy (non-hydrogen) atoms. The van der Waals surface area contributed by atoms with E-state index in [1.54, 1.807) is 0 Å². The van der Waals surface area contributed by atoms with Crippen molar-refractivity contribution >= 4 is 5.78 Å². The zero-order chi connectivity index (χ0) is 11.6. The number of halogens is 4. The standard InChI is InChI=1S/C9H6F4O2/c1-15-8-4(7(14)9(12)13)2-3-5(10)6(8)11/h2-3,9H,1H3. The van der Waals surface area contributed by atoms with Gasteiger partial charge < -0.3 is 4.74 Å². The molecule has 0 fully saturated rings. The minimum Gasteiger partial charge on any atom is -0.493 e. The SMILES string of the molecule is COc1c(C(=O)C(F)F)ccc(F)c1F. The summed E-state index contributed by atoms with van der Waals surface area (Å²) in [7, 11) is 0.958. The van der Waals surface area contributed by atoms with Crippen molar-refractivity contribution in [3.63, 3.8) is 0 Å². The average Bonchev–Trinajstić information content (AvgIpc) is 2.20. The molecule has 0 bridgehead atoms. The molecular formula is C9H6F4O2. The van der Waals surface area contributed by atoms with Crippen molar-refractivity contribution in [1.82, 2.24) is 0 Å². The third-order valence-corrected chi connectivity index (χ3v) is 1.72. The minimum absolute atomic E-state index is 0.591. The van der Waals surface area contributed by atoms with Gasteiger partial charge in [-0.3, -0.25) is 4.79 Å². The fourth-order valence-electron chi connectivity index (χ4n) is 1.04. The van der Waals surface area contributed by atoms with E-state index in [0.717, 1.165) is 13.2 Å². The largest absolute Gasteiger partial charge is 0.493 e. The van der Waals surface area contributed by atoms with Crippen LogP contribution in [0.1, 0.15) is 10.4 Å². The maximum Gasteiger partial charge on any atom is 0.300 e. The van der Waals surface area contributed by atoms with Gasteiger partial charge in [0, 0.05) is 0 Å². The van der Waals surface area contributed by atoms with E-state index in [-0.39, 0.29) is 0 Å². The molecule has 0 amide bonds. The van der Waals surface area contributed by atoms with Gasteiger partial charge in [0.25, 0.3) is 0 Å². The summed E-state index contributed by atoms with van der Waals surface area (Å²) in [6.45, 7) is 0. The Balaban J connectivity index is 3.31. The highest BCUT2D eigenvalue weighted by Crippen LogP contribution is 2.26. The van der Waals surface area contributed by atoms with Crippen LogP contribution in [-0.2, 0) is 0 Å². The summed E-state index contributed by atoms with van der Waals surface area (Å²) in [4.78, 5) is 10.9. The topological polar surface area (TPSA) is 26.3 Å². The highest BCUT2D eigenvalue weighted by atomic mass is 19.3. The molecule has 0 aliphatic rings. The third kappa shape index (κ3) is 2.08. The fourth-order valence-corrected chi connectivity index (χ4v) is 1.04. The van der Waals surface area contributed by atoms with Crippen molar-refractivity contribution < 1.29 is 27.1 Å². The summed E-state index contributed by atoms with van der Waals surface area (Å²) < 4.78 is 54.1. The predicted octanol–water partition coefficient (Wildman–Crippen LogP) is 2.42. The number of Topliss-reactive ketones (excluding diaryl/α,β-unsaturated/α-hetero) is 1. The highest BCUT2D eigenvalue weighted by molar-refractivity contribution is 6.00. The molecule has 0 aliphatic carbocycles. The fraction of sp³-hybridized carbons (Fsp3) is 0.222. The number of ether oxygens (including phenoxy) is 1. The van der Waals surface area contributed by atoms with Gasteiger partial charge in [0.1, 0.15) is 0 Å². The number of rotatable bonds is 3. The summed E-state index contributed by atoms with van der Waals surface area (Å²) in [5.74, 6) is -5.13. The molecule has 6 heteroatoms. The average molecular weight is 222 g/mol. The van der Waals surface area contributed by atoms with Crippen LogP contribution in [0.25, 0.3) is 0 Å². The first-order chi connectivity index (χ1) is 6.99. The summed E-state index contributed by atoms with van der Waals surface area (Å²) in [6, 6.07) is 1.35. The van der Waals surface area contributed by atoms with Gasteiger partial charge in [-0.15, -0.1) is 0 Å². The Morgan fingerprint density at radius 3 is 2.40 bits per heavy atom. The number of alkyl halides is 2. The predicted molar refractivity (Wildman–Crippen MR) is 43.2 cm³/mol. The molecule has 0 heterocycles. The van der Waals surface area contributed by atoms with Crippen LogP contribution in [0.4, 0.5) is 17.6 Å². The van der Waals surface area contributed by atoms with Gasteiger partial charge in [0.15, 0.2) is 11.6 Å². The van der Waals surface area contributed by atoms with Crippen molar-refractivity contribution in [3.05, 3.63) is 29.3 Å². The van der Waals surface area contributed by atoms with Gasteiger partial charge in [-0.1, -0.05) is 0 Å². The number of methoxy groups -OCH3 is 1. The number of carbonyl (C=O) groups excluding carboxylic acids is 1. The van der Waals surface area contributed by atoms with Crippen molar-refractivity contribution in [1.29, 1.82) is 0 Å². The minimum atomic E-state index is -3.29. The maximum atomic E-state index is 13.0. The van der Waals surface area contributed by atoms with E-state index in [9.17, 15) is 22.4 Å². The molecule has 0 aromatic heterocycles. The summed E-state index contributed by atoms with van der Waals surface area (Å²) in [6.07, 6.45) is -3.29. The first-order valence-electron chi connectivity index (χ1n) is 3.83. The molecule has 1 aromatic carbocycles. The highest BCUT2D eigenvalue weighted by Gasteiger charge is 2.25. The quantitative estimate of drug-likeness (QED) is 0.579. The molecular weight excluding hydrogens is 216 g/mol. The zero-order valence-electron chi connectivity index (χ0n) is 7.56. The van der Waals surface area contributed by atoms with E-state index < -0.39 is 35.2 Å². The lowest BCUT2D eigenvalue weighted by Gasteiger charge is -2.08. The third-order valence-electron chi connectivity index (χ3n) is 1.72. The van der Waals surface area contributed by atoms with Crippen LogP contribution < -0.4 is 4.74 Å². The molecule has 1 rings (SSSR count). The lowest BCUT2D eigenvalue weighted by Crippen LogP contribution is -2.13. The van der Waals surface area contributed by atoms with Crippen LogP contribution in [0.3, 0.4) is 0 Å². The van der Waals surface area contributed by atoms with Crippen molar-refractivity contribution in [2.45, 2.75) is 6.43 Å². The Bertz CT molecular complexity index is 390. The lowest BCUT2D eigenvalue weighted by atomic mass is 10.1. The second kappa shape index (κ2) is 4.29. The van der Waals surface area contributed by atoms with Gasteiger partial charge in [-0.2, -0.15) is 4.39 Å². The molecule has 0 saturated carbocycles. The van der Waals surface area contributed by atoms with Gasteiger partial charge in [-0.05, 0) is 12.1 Å². The second-order valence-electron chi connectivity index (χ2n) is 2.61. The van der Waals surface area contributed by atoms with E-state index in [0.29, 0.717) is 6.07 Å². The van der Waals surface area contributed by atoms with Crippen molar-refractivity contribution in [2.24, 2.45) is 0 Å². The Labute approximate surface area is 82.5 Å². The molecule has 82 valence electrons. The van der Waals surface area contributed by atoms with E-state index >= 15 is 0 Å². The van der Waals surface area contributed by atoms with Gasteiger partial charge in [-0.25, -0.2) is 13.2 Å². The first kappa shape index (κ1) is 11.5. The summed E-state index contributed by atoms with van der Waals surface area (Å²) in [5.41, 5.74) is -0.675. The molecule has 0 unspecified atom stereocenters. The molecule has 1 aromatic rings. The molecule has 0 atom stereocenters. The number of benzene rings is 1. The number of ketones is 1. The molecule has 0 saturated heterocycles. The van der Waals surface area contributed by atoms with Gasteiger partial charge >= 0.3 is 6.43 Å². The monoisotopic (exact) mass is 222 g/mol. The van der Waals surface area contributed by atoms with Crippen LogP contribution >= 0.6 is 0 Å². The summed E-state index contributed by atoms with van der Waals surface area (Å²) in [5, 5.41) is 0. The summed E-state index contributed by atoms with van der Waals surface area (Å²) >= 11 is 0. The number of carbonyl (C=O) groups is 1. The lowest BCUT2D eigenvalue weighted by molar-refractivity contribution is 0.0674. The van der Waals surface area contributed by atoms with Crippen LogP contribution in [0, 0.1) is 11.6 Å². The van der Waals surface area contributed by atoms with Gasteiger partial charge in [0.05, 0.1) is 12.7 Å². The van der Waals surface area contributed by atoms with E-state index in [2.05, 4.69) is 4.74 Å². The van der Waals surface area contributed by atoms with Crippen molar-refractivity contribution in [3.8, 4) is 5.75 Å². The number of hydrogen-bond acceptors (Lipinski definition) is 2. The van der Waals surface area contributed by atoms with Crippen LogP contribution in [0.15, 0.2) is 12.1 Å². The van der Waals surface area contributed by atoms with Crippen LogP contribution in [0.2, 0.25) is 0 Å². The Morgan fingerprint density at radius 1 is 1.33 bits per heavy atom. The molecule has 0 N–H and O–H groups in total. The molecule has 2 nitrogen and oxygen atoms in total. The normalized spacial score (nSPS) is 10.5. The van der Waals surface area contributed by atoms with E-state index in [1.807, 2.05) is 0 Å². The molecule has 0 spiro atoms. The Hall–Kier alpha value is -1.59. The second-order valence-corrected chi connectivity index (χ2v) is 2.61. The van der Waals surface area contributed by atoms with E-state index in [4.69, 9.17) is 0 Å².